The summed E-state index contributed by atoms with van der Waals surface area (Å²) in [5.74, 6) is -1.17. The molecule has 0 aliphatic carbocycles. The molecule has 1 aromatic heterocycles. The second kappa shape index (κ2) is 9.55. The molecular weight excluding hydrogens is 391 g/mol. The lowest BCUT2D eigenvalue weighted by atomic mass is 10.2. The quantitative estimate of drug-likeness (QED) is 0.522. The number of hydrogen-bond acceptors (Lipinski definition) is 5. The lowest BCUT2D eigenvalue weighted by Gasteiger charge is -2.13. The zero-order chi connectivity index (χ0) is 21.5. The normalized spacial score (nSPS) is 10.5. The number of nitrogens with one attached hydrogen (secondary N) is 3. The van der Waals surface area contributed by atoms with E-state index < -0.39 is 23.0 Å². The number of carbonyl (C=O) groups is 1. The summed E-state index contributed by atoms with van der Waals surface area (Å²) in [6, 6.07) is 14.7. The molecule has 3 rings (SSSR count). The lowest BCUT2D eigenvalue weighted by molar-refractivity contribution is 0.0764. The Morgan fingerprint density at radius 1 is 1.10 bits per heavy atom. The van der Waals surface area contributed by atoms with Gasteiger partial charge in [-0.15, -0.1) is 0 Å². The van der Waals surface area contributed by atoms with Crippen LogP contribution in [-0.4, -0.2) is 22.2 Å². The Morgan fingerprint density at radius 2 is 1.83 bits per heavy atom. The molecule has 0 spiro atoms. The van der Waals surface area contributed by atoms with Crippen LogP contribution in [0.5, 0.6) is 0 Å². The van der Waals surface area contributed by atoms with Crippen molar-refractivity contribution in [2.24, 2.45) is 0 Å². The third-order valence-electron chi connectivity index (χ3n) is 4.19. The second-order valence-corrected chi connectivity index (χ2v) is 6.38. The first-order chi connectivity index (χ1) is 14.5. The molecule has 1 amide bonds. The molecule has 0 fully saturated rings. The van der Waals surface area contributed by atoms with Crippen LogP contribution in [0.1, 0.15) is 28.4 Å². The van der Waals surface area contributed by atoms with E-state index in [2.05, 4.69) is 15.6 Å². The van der Waals surface area contributed by atoms with Crippen molar-refractivity contribution < 1.29 is 14.0 Å². The number of amides is 1. The molecule has 0 unspecified atom stereocenters. The molecule has 0 saturated carbocycles. The Bertz CT molecular complexity index is 1140. The van der Waals surface area contributed by atoms with Gasteiger partial charge in [-0.25, -0.2) is 9.18 Å². The lowest BCUT2D eigenvalue weighted by Crippen LogP contribution is -2.45. The molecule has 0 radical (unpaired) electrons. The zero-order valence-corrected chi connectivity index (χ0v) is 16.3. The molecule has 0 aliphatic heterocycles. The number of halogens is 1. The SMILES string of the molecule is CCNc1[nH]c(=O)n(OCc2ccccc2)c(=O)c1C(=O)NCc1cccc(F)c1. The zero-order valence-electron chi connectivity index (χ0n) is 16.3. The number of nitrogens with zero attached hydrogens (tertiary/aromatic N) is 1. The molecule has 156 valence electrons. The van der Waals surface area contributed by atoms with Crippen molar-refractivity contribution in [2.45, 2.75) is 20.1 Å². The maximum atomic E-state index is 13.3. The number of hydrogen-bond donors (Lipinski definition) is 3. The van der Waals surface area contributed by atoms with Crippen LogP contribution in [0.15, 0.2) is 64.2 Å². The Morgan fingerprint density at radius 3 is 2.53 bits per heavy atom. The average Bonchev–Trinajstić information content (AvgIpc) is 2.73. The molecule has 0 atom stereocenters. The maximum absolute atomic E-state index is 13.3. The highest BCUT2D eigenvalue weighted by atomic mass is 19.1. The molecular formula is C21H21FN4O4. The predicted molar refractivity (Wildman–Crippen MR) is 110 cm³/mol. The van der Waals surface area contributed by atoms with Gasteiger partial charge in [0.1, 0.15) is 23.8 Å². The highest BCUT2D eigenvalue weighted by molar-refractivity contribution is 5.98. The van der Waals surface area contributed by atoms with Gasteiger partial charge in [0.25, 0.3) is 5.91 Å². The largest absolute Gasteiger partial charge is 0.401 e. The average molecular weight is 412 g/mol. The van der Waals surface area contributed by atoms with E-state index in [1.165, 1.54) is 18.2 Å². The molecule has 0 bridgehead atoms. The summed E-state index contributed by atoms with van der Waals surface area (Å²) in [4.78, 5) is 45.7. The van der Waals surface area contributed by atoms with Crippen LogP contribution < -0.4 is 26.7 Å². The summed E-state index contributed by atoms with van der Waals surface area (Å²) in [7, 11) is 0. The van der Waals surface area contributed by atoms with Crippen LogP contribution in [0.2, 0.25) is 0 Å². The first-order valence-electron chi connectivity index (χ1n) is 9.32. The van der Waals surface area contributed by atoms with Crippen LogP contribution in [0.3, 0.4) is 0 Å². The van der Waals surface area contributed by atoms with Crippen molar-refractivity contribution in [3.05, 3.63) is 97.9 Å². The van der Waals surface area contributed by atoms with E-state index in [1.807, 2.05) is 6.07 Å². The van der Waals surface area contributed by atoms with Crippen LogP contribution >= 0.6 is 0 Å². The molecule has 1 heterocycles. The standard InChI is InChI=1S/C21H21FN4O4/c1-2-23-18-17(19(27)24-12-15-9-6-10-16(22)11-15)20(28)26(21(29)25-18)30-13-14-7-4-3-5-8-14/h3-11,23H,2,12-13H2,1H3,(H,24,27)(H,25,29). The summed E-state index contributed by atoms with van der Waals surface area (Å²) in [6.07, 6.45) is 0. The summed E-state index contributed by atoms with van der Waals surface area (Å²) in [6.45, 7) is 2.10. The minimum atomic E-state index is -0.901. The third kappa shape index (κ3) is 4.93. The molecule has 2 aromatic carbocycles. The number of benzene rings is 2. The van der Waals surface area contributed by atoms with Gasteiger partial charge in [-0.05, 0) is 30.2 Å². The molecule has 8 nitrogen and oxygen atoms in total. The fourth-order valence-electron chi connectivity index (χ4n) is 2.79. The third-order valence-corrected chi connectivity index (χ3v) is 4.19. The first kappa shape index (κ1) is 20.8. The highest BCUT2D eigenvalue weighted by Crippen LogP contribution is 2.07. The molecule has 0 saturated heterocycles. The predicted octanol–water partition coefficient (Wildman–Crippen LogP) is 1.67. The summed E-state index contributed by atoms with van der Waals surface area (Å²) in [5.41, 5.74) is -0.744. The van der Waals surface area contributed by atoms with Gasteiger partial charge in [0.15, 0.2) is 0 Å². The summed E-state index contributed by atoms with van der Waals surface area (Å²) < 4.78 is 13.9. The van der Waals surface area contributed by atoms with E-state index in [0.717, 1.165) is 5.56 Å². The van der Waals surface area contributed by atoms with E-state index in [-0.39, 0.29) is 24.5 Å². The van der Waals surface area contributed by atoms with Crippen LogP contribution in [0.4, 0.5) is 10.2 Å². The fourth-order valence-corrected chi connectivity index (χ4v) is 2.79. The van der Waals surface area contributed by atoms with Gasteiger partial charge in [-0.1, -0.05) is 47.2 Å². The van der Waals surface area contributed by atoms with E-state index in [1.54, 1.807) is 37.3 Å². The number of rotatable bonds is 8. The van der Waals surface area contributed by atoms with Crippen molar-refractivity contribution in [1.82, 2.24) is 15.0 Å². The van der Waals surface area contributed by atoms with Crippen LogP contribution in [-0.2, 0) is 13.2 Å². The van der Waals surface area contributed by atoms with Gasteiger partial charge in [0.05, 0.1) is 0 Å². The summed E-state index contributed by atoms with van der Waals surface area (Å²) >= 11 is 0. The number of anilines is 1. The monoisotopic (exact) mass is 412 g/mol. The minimum absolute atomic E-state index is 0.00555. The van der Waals surface area contributed by atoms with Gasteiger partial charge < -0.3 is 15.5 Å². The minimum Gasteiger partial charge on any atom is -0.401 e. The van der Waals surface area contributed by atoms with Crippen molar-refractivity contribution in [3.63, 3.8) is 0 Å². The Balaban J connectivity index is 1.87. The highest BCUT2D eigenvalue weighted by Gasteiger charge is 2.21. The number of H-pyrrole nitrogens is 1. The fraction of sp³-hybridized carbons (Fsp3) is 0.190. The van der Waals surface area contributed by atoms with Crippen molar-refractivity contribution in [2.75, 3.05) is 11.9 Å². The first-order valence-corrected chi connectivity index (χ1v) is 9.32. The van der Waals surface area contributed by atoms with Crippen molar-refractivity contribution in [1.29, 1.82) is 0 Å². The van der Waals surface area contributed by atoms with Crippen LogP contribution in [0.25, 0.3) is 0 Å². The van der Waals surface area contributed by atoms with E-state index in [4.69, 9.17) is 4.84 Å². The Labute approximate surface area is 171 Å². The number of carbonyl (C=O) groups excluding carboxylic acids is 1. The maximum Gasteiger partial charge on any atom is 0.363 e. The smallest absolute Gasteiger partial charge is 0.363 e. The van der Waals surface area contributed by atoms with Gasteiger partial charge in [-0.3, -0.25) is 14.6 Å². The molecule has 30 heavy (non-hydrogen) atoms. The van der Waals surface area contributed by atoms with E-state index in [9.17, 15) is 18.8 Å². The van der Waals surface area contributed by atoms with Gasteiger partial charge in [-0.2, -0.15) is 0 Å². The Kier molecular flexibility index (Phi) is 6.63. The van der Waals surface area contributed by atoms with Gasteiger partial charge in [0, 0.05) is 13.1 Å². The number of aromatic nitrogens is 2. The topological polar surface area (TPSA) is 105 Å². The molecule has 9 heteroatoms. The van der Waals surface area contributed by atoms with E-state index in [0.29, 0.717) is 16.8 Å². The molecule has 3 N–H and O–H groups in total. The van der Waals surface area contributed by atoms with Crippen molar-refractivity contribution in [3.8, 4) is 0 Å². The van der Waals surface area contributed by atoms with Gasteiger partial charge >= 0.3 is 11.2 Å². The van der Waals surface area contributed by atoms with Crippen molar-refractivity contribution >= 4 is 11.7 Å². The molecule has 0 aliphatic rings. The summed E-state index contributed by atoms with van der Waals surface area (Å²) in [5, 5.41) is 5.37. The second-order valence-electron chi connectivity index (χ2n) is 6.38. The Hall–Kier alpha value is -3.88. The molecule has 3 aromatic rings. The van der Waals surface area contributed by atoms with Crippen LogP contribution in [0, 0.1) is 5.82 Å². The van der Waals surface area contributed by atoms with E-state index >= 15 is 0 Å². The number of aromatic amines is 1. The van der Waals surface area contributed by atoms with Gasteiger partial charge in [0.2, 0.25) is 0 Å².